The average molecular weight is 98.1 g/mol. The summed E-state index contributed by atoms with van der Waals surface area (Å²) in [7, 11) is 0. The summed E-state index contributed by atoms with van der Waals surface area (Å²) >= 11 is 0. The van der Waals surface area contributed by atoms with Gasteiger partial charge in [-0.05, 0) is 13.8 Å². The van der Waals surface area contributed by atoms with E-state index in [0.717, 1.165) is 6.08 Å². The van der Waals surface area contributed by atoms with Gasteiger partial charge in [-0.15, -0.1) is 0 Å². The monoisotopic (exact) mass is 98.0 g/mol. The Labute approximate surface area is 42.5 Å². The lowest BCUT2D eigenvalue weighted by Gasteiger charge is -1.83. The molecule has 0 saturated carbocycles. The lowest BCUT2D eigenvalue weighted by Crippen LogP contribution is -1.94. The van der Waals surface area contributed by atoms with Crippen LogP contribution in [0.4, 0.5) is 0 Å². The van der Waals surface area contributed by atoms with Crippen molar-refractivity contribution in [1.29, 1.82) is 0 Å². The predicted octanol–water partition coefficient (Wildman–Crippen LogP) is 0.728. The van der Waals surface area contributed by atoms with Crippen molar-refractivity contribution in [2.45, 2.75) is 6.92 Å². The number of hydrogen-bond acceptors (Lipinski definition) is 1. The summed E-state index contributed by atoms with van der Waals surface area (Å²) in [5.74, 6) is -0.970. The van der Waals surface area contributed by atoms with Crippen molar-refractivity contribution < 1.29 is 9.90 Å². The molecule has 0 aromatic heterocycles. The maximum atomic E-state index is 9.78. The SMILES string of the molecule is [CH]/C=C(\C)C(=O)O. The van der Waals surface area contributed by atoms with E-state index in [1.807, 2.05) is 0 Å². The summed E-state index contributed by atoms with van der Waals surface area (Å²) in [4.78, 5) is 9.78. The molecular formula is C5H6O2. The van der Waals surface area contributed by atoms with Gasteiger partial charge in [0.2, 0.25) is 0 Å². The highest BCUT2D eigenvalue weighted by Crippen LogP contribution is 1.87. The number of hydrogen-bond donors (Lipinski definition) is 1. The van der Waals surface area contributed by atoms with Gasteiger partial charge < -0.3 is 5.11 Å². The number of carbonyl (C=O) groups is 1. The fourth-order valence-corrected chi connectivity index (χ4v) is 0.0713. The Kier molecular flexibility index (Phi) is 2.12. The Morgan fingerprint density at radius 1 is 1.86 bits per heavy atom. The first-order valence-corrected chi connectivity index (χ1v) is 1.80. The van der Waals surface area contributed by atoms with Crippen LogP contribution < -0.4 is 0 Å². The van der Waals surface area contributed by atoms with Gasteiger partial charge in [-0.1, -0.05) is 6.08 Å². The van der Waals surface area contributed by atoms with E-state index in [-0.39, 0.29) is 5.57 Å². The minimum absolute atomic E-state index is 0.167. The largest absolute Gasteiger partial charge is 0.478 e. The lowest BCUT2D eigenvalue weighted by atomic mass is 10.3. The molecular weight excluding hydrogens is 92.1 g/mol. The Morgan fingerprint density at radius 3 is 2.29 bits per heavy atom. The second-order valence-corrected chi connectivity index (χ2v) is 1.15. The van der Waals surface area contributed by atoms with Gasteiger partial charge in [0.15, 0.2) is 0 Å². The van der Waals surface area contributed by atoms with Gasteiger partial charge in [-0.2, -0.15) is 0 Å². The third kappa shape index (κ3) is 1.98. The topological polar surface area (TPSA) is 37.3 Å². The van der Waals surface area contributed by atoms with Gasteiger partial charge in [-0.25, -0.2) is 4.79 Å². The molecule has 38 valence electrons. The molecule has 0 aliphatic heterocycles. The molecule has 0 spiro atoms. The Morgan fingerprint density at radius 2 is 2.29 bits per heavy atom. The average Bonchev–Trinajstić information content (AvgIpc) is 1.65. The lowest BCUT2D eigenvalue weighted by molar-refractivity contribution is -0.132. The highest BCUT2D eigenvalue weighted by molar-refractivity contribution is 5.85. The zero-order chi connectivity index (χ0) is 5.86. The molecule has 0 aliphatic rings. The Hall–Kier alpha value is -0.790. The van der Waals surface area contributed by atoms with Crippen LogP contribution in [-0.4, -0.2) is 11.1 Å². The predicted molar refractivity (Wildman–Crippen MR) is 25.7 cm³/mol. The third-order valence-corrected chi connectivity index (χ3v) is 0.587. The van der Waals surface area contributed by atoms with Gasteiger partial charge in [0, 0.05) is 5.57 Å². The highest BCUT2D eigenvalue weighted by Gasteiger charge is 1.93. The molecule has 0 aromatic carbocycles. The number of rotatable bonds is 1. The van der Waals surface area contributed by atoms with Crippen LogP contribution in [-0.2, 0) is 4.79 Å². The molecule has 0 unspecified atom stereocenters. The smallest absolute Gasteiger partial charge is 0.330 e. The van der Waals surface area contributed by atoms with Gasteiger partial charge in [0.1, 0.15) is 0 Å². The summed E-state index contributed by atoms with van der Waals surface area (Å²) in [6.45, 7) is 6.26. The van der Waals surface area contributed by atoms with Crippen molar-refractivity contribution in [3.63, 3.8) is 0 Å². The summed E-state index contributed by atoms with van der Waals surface area (Å²) in [6.07, 6.45) is 1.06. The van der Waals surface area contributed by atoms with Crippen LogP contribution in [0.2, 0.25) is 0 Å². The van der Waals surface area contributed by atoms with Crippen LogP contribution in [0.3, 0.4) is 0 Å². The van der Waals surface area contributed by atoms with E-state index in [0.29, 0.717) is 0 Å². The summed E-state index contributed by atoms with van der Waals surface area (Å²) in [6, 6.07) is 0. The van der Waals surface area contributed by atoms with E-state index in [2.05, 4.69) is 0 Å². The molecule has 0 aliphatic carbocycles. The zero-order valence-corrected chi connectivity index (χ0v) is 4.01. The fourth-order valence-electron chi connectivity index (χ4n) is 0.0713. The second kappa shape index (κ2) is 2.39. The molecule has 0 aromatic rings. The van der Waals surface area contributed by atoms with Crippen LogP contribution in [0, 0.1) is 6.92 Å². The molecule has 0 fully saturated rings. The molecule has 2 radical (unpaired) electrons. The molecule has 0 saturated heterocycles. The van der Waals surface area contributed by atoms with Crippen molar-refractivity contribution in [3.8, 4) is 0 Å². The van der Waals surface area contributed by atoms with Crippen molar-refractivity contribution >= 4 is 5.97 Å². The second-order valence-electron chi connectivity index (χ2n) is 1.15. The number of carboxylic acids is 1. The number of aliphatic carboxylic acids is 1. The first-order valence-electron chi connectivity index (χ1n) is 1.80. The van der Waals surface area contributed by atoms with Crippen LogP contribution >= 0.6 is 0 Å². The Bertz CT molecular complexity index is 103. The molecule has 0 bridgehead atoms. The number of allylic oxidation sites excluding steroid dienone is 1. The molecule has 7 heavy (non-hydrogen) atoms. The summed E-state index contributed by atoms with van der Waals surface area (Å²) in [5, 5.41) is 8.03. The zero-order valence-electron chi connectivity index (χ0n) is 4.01. The summed E-state index contributed by atoms with van der Waals surface area (Å²) < 4.78 is 0. The Balaban J connectivity index is 3.82. The standard InChI is InChI=1S/C5H6O2/c1-3-4(2)5(6)7/h1,3H,2H3,(H,6,7)/b4-3+. The van der Waals surface area contributed by atoms with E-state index >= 15 is 0 Å². The molecule has 2 nitrogen and oxygen atoms in total. The molecule has 2 heteroatoms. The van der Waals surface area contributed by atoms with Crippen molar-refractivity contribution in [2.75, 3.05) is 0 Å². The maximum absolute atomic E-state index is 9.78. The van der Waals surface area contributed by atoms with Crippen molar-refractivity contribution in [2.24, 2.45) is 0 Å². The van der Waals surface area contributed by atoms with Crippen molar-refractivity contribution in [1.82, 2.24) is 0 Å². The molecule has 1 N–H and O–H groups in total. The third-order valence-electron chi connectivity index (χ3n) is 0.587. The van der Waals surface area contributed by atoms with Gasteiger partial charge in [-0.3, -0.25) is 0 Å². The summed E-state index contributed by atoms with van der Waals surface area (Å²) in [5.41, 5.74) is 0.167. The van der Waals surface area contributed by atoms with Crippen LogP contribution in [0.25, 0.3) is 0 Å². The van der Waals surface area contributed by atoms with E-state index in [1.54, 1.807) is 0 Å². The maximum Gasteiger partial charge on any atom is 0.330 e. The number of carboxylic acid groups (broad SMARTS) is 1. The van der Waals surface area contributed by atoms with Crippen LogP contribution in [0.1, 0.15) is 6.92 Å². The normalized spacial score (nSPS) is 11.4. The minimum Gasteiger partial charge on any atom is -0.478 e. The quantitative estimate of drug-likeness (QED) is 0.491. The van der Waals surface area contributed by atoms with E-state index in [9.17, 15) is 4.79 Å². The molecule has 0 atom stereocenters. The highest BCUT2D eigenvalue weighted by atomic mass is 16.4. The van der Waals surface area contributed by atoms with Gasteiger partial charge in [0.05, 0.1) is 0 Å². The first-order chi connectivity index (χ1) is 3.18. The first kappa shape index (κ1) is 6.21. The molecule has 0 amide bonds. The van der Waals surface area contributed by atoms with Crippen LogP contribution in [0.5, 0.6) is 0 Å². The van der Waals surface area contributed by atoms with Crippen molar-refractivity contribution in [3.05, 3.63) is 18.6 Å². The van der Waals surface area contributed by atoms with E-state index < -0.39 is 5.97 Å². The van der Waals surface area contributed by atoms with Gasteiger partial charge in [0.25, 0.3) is 0 Å². The van der Waals surface area contributed by atoms with E-state index in [1.165, 1.54) is 6.92 Å². The van der Waals surface area contributed by atoms with Crippen LogP contribution in [0.15, 0.2) is 11.6 Å². The minimum atomic E-state index is -0.970. The van der Waals surface area contributed by atoms with E-state index in [4.69, 9.17) is 12.0 Å². The fraction of sp³-hybridized carbons (Fsp3) is 0.200. The van der Waals surface area contributed by atoms with Gasteiger partial charge >= 0.3 is 5.97 Å². The molecule has 0 heterocycles. The molecule has 0 rings (SSSR count).